The second-order valence-corrected chi connectivity index (χ2v) is 4.93. The van der Waals surface area contributed by atoms with E-state index in [1.807, 2.05) is 0 Å². The number of esters is 1. The van der Waals surface area contributed by atoms with Gasteiger partial charge in [0.2, 0.25) is 0 Å². The smallest absolute Gasteiger partial charge is 0.396 e. The van der Waals surface area contributed by atoms with Crippen molar-refractivity contribution in [1.82, 2.24) is 10.2 Å². The number of aryl methyl sites for hydroxylation is 1. The Labute approximate surface area is 123 Å². The van der Waals surface area contributed by atoms with Crippen molar-refractivity contribution in [3.63, 3.8) is 0 Å². The van der Waals surface area contributed by atoms with Gasteiger partial charge >= 0.3 is 11.9 Å². The predicted octanol–water partition coefficient (Wildman–Crippen LogP) is 2.61. The number of carbonyl (C=O) groups excluding carboxylic acids is 1. The molecule has 8 nitrogen and oxygen atoms in total. The summed E-state index contributed by atoms with van der Waals surface area (Å²) in [4.78, 5) is 22.4. The molecular weight excluding hydrogens is 298 g/mol. The fraction of sp³-hybridized carbons (Fsp3) is 0.250. The van der Waals surface area contributed by atoms with Crippen molar-refractivity contribution in [3.8, 4) is 0 Å². The van der Waals surface area contributed by atoms with Crippen LogP contribution < -0.4 is 0 Å². The summed E-state index contributed by atoms with van der Waals surface area (Å²) in [6, 6.07) is 4.73. The van der Waals surface area contributed by atoms with Gasteiger partial charge in [-0.2, -0.15) is 0 Å². The zero-order valence-electron chi connectivity index (χ0n) is 11.2. The molecule has 0 fully saturated rings. The van der Waals surface area contributed by atoms with E-state index in [2.05, 4.69) is 10.2 Å². The zero-order valence-corrected chi connectivity index (χ0v) is 12.0. The lowest BCUT2D eigenvalue weighted by molar-refractivity contribution is -0.385. The minimum atomic E-state index is -0.702. The van der Waals surface area contributed by atoms with E-state index in [0.717, 1.165) is 11.8 Å². The summed E-state index contributed by atoms with van der Waals surface area (Å²) in [5.74, 6) is -0.951. The molecule has 0 radical (unpaired) electrons. The summed E-state index contributed by atoms with van der Waals surface area (Å²) in [7, 11) is 0. The molecule has 0 spiro atoms. The normalized spacial score (nSPS) is 10.4. The largest absolute Gasteiger partial charge is 0.459 e. The van der Waals surface area contributed by atoms with Gasteiger partial charge in [-0.05, 0) is 31.7 Å². The summed E-state index contributed by atoms with van der Waals surface area (Å²) in [5.41, 5.74) is 0.562. The van der Waals surface area contributed by atoms with E-state index in [1.54, 1.807) is 26.0 Å². The standard InChI is InChI=1S/C12H11N3O5S/c1-3-19-11(16)10-13-14-12(20-10)21-8-5-4-7(2)9(6-8)15(17)18/h4-6H,3H2,1-2H3. The molecule has 0 bridgehead atoms. The van der Waals surface area contributed by atoms with Crippen LogP contribution in [0.15, 0.2) is 32.7 Å². The topological polar surface area (TPSA) is 108 Å². The van der Waals surface area contributed by atoms with E-state index in [9.17, 15) is 14.9 Å². The van der Waals surface area contributed by atoms with Gasteiger partial charge in [0, 0.05) is 16.5 Å². The molecule has 0 N–H and O–H groups in total. The summed E-state index contributed by atoms with van der Waals surface area (Å²) < 4.78 is 9.85. The van der Waals surface area contributed by atoms with Crippen molar-refractivity contribution in [2.24, 2.45) is 0 Å². The summed E-state index contributed by atoms with van der Waals surface area (Å²) in [6.45, 7) is 3.52. The lowest BCUT2D eigenvalue weighted by Gasteiger charge is -2.00. The van der Waals surface area contributed by atoms with Gasteiger partial charge < -0.3 is 9.15 Å². The zero-order chi connectivity index (χ0) is 15.4. The van der Waals surface area contributed by atoms with Gasteiger partial charge in [-0.15, -0.1) is 5.10 Å². The van der Waals surface area contributed by atoms with Gasteiger partial charge in [0.25, 0.3) is 10.9 Å². The molecule has 2 rings (SSSR count). The summed E-state index contributed by atoms with van der Waals surface area (Å²) in [6.07, 6.45) is 0. The van der Waals surface area contributed by atoms with Crippen LogP contribution in [0, 0.1) is 17.0 Å². The summed E-state index contributed by atoms with van der Waals surface area (Å²) in [5, 5.41) is 18.2. The highest BCUT2D eigenvalue weighted by molar-refractivity contribution is 7.99. The number of carbonyl (C=O) groups is 1. The first kappa shape index (κ1) is 15.0. The lowest BCUT2D eigenvalue weighted by atomic mass is 10.2. The Hall–Kier alpha value is -2.42. The third kappa shape index (κ3) is 3.57. The molecule has 0 aliphatic heterocycles. The number of rotatable bonds is 5. The van der Waals surface area contributed by atoms with Crippen molar-refractivity contribution in [3.05, 3.63) is 39.8 Å². The Morgan fingerprint density at radius 3 is 2.90 bits per heavy atom. The average Bonchev–Trinajstić information content (AvgIpc) is 2.89. The Kier molecular flexibility index (Phi) is 4.53. The van der Waals surface area contributed by atoms with Crippen molar-refractivity contribution in [1.29, 1.82) is 0 Å². The van der Waals surface area contributed by atoms with E-state index in [0.29, 0.717) is 10.5 Å². The maximum Gasteiger partial charge on any atom is 0.396 e. The monoisotopic (exact) mass is 309 g/mol. The lowest BCUT2D eigenvalue weighted by Crippen LogP contribution is -2.04. The fourth-order valence-corrected chi connectivity index (χ4v) is 2.19. The van der Waals surface area contributed by atoms with Crippen LogP contribution in [0.5, 0.6) is 0 Å². The van der Waals surface area contributed by atoms with Crippen LogP contribution in [0.2, 0.25) is 0 Å². The first-order valence-electron chi connectivity index (χ1n) is 5.94. The molecule has 110 valence electrons. The fourth-order valence-electron chi connectivity index (χ4n) is 1.48. The van der Waals surface area contributed by atoms with E-state index in [-0.39, 0.29) is 23.4 Å². The molecule has 21 heavy (non-hydrogen) atoms. The van der Waals surface area contributed by atoms with Gasteiger partial charge in [-0.1, -0.05) is 11.2 Å². The number of ether oxygens (including phenoxy) is 1. The average molecular weight is 309 g/mol. The van der Waals surface area contributed by atoms with E-state index in [1.165, 1.54) is 6.07 Å². The molecule has 0 aliphatic rings. The van der Waals surface area contributed by atoms with Crippen LogP contribution in [0.4, 0.5) is 5.69 Å². The molecule has 0 saturated heterocycles. The second kappa shape index (κ2) is 6.35. The molecule has 9 heteroatoms. The van der Waals surface area contributed by atoms with Crippen LogP contribution in [-0.2, 0) is 4.74 Å². The first-order chi connectivity index (χ1) is 10.0. The van der Waals surface area contributed by atoms with Crippen LogP contribution in [0.25, 0.3) is 0 Å². The maximum absolute atomic E-state index is 11.4. The molecule has 1 heterocycles. The first-order valence-corrected chi connectivity index (χ1v) is 6.76. The Morgan fingerprint density at radius 1 is 1.48 bits per heavy atom. The molecule has 0 amide bonds. The van der Waals surface area contributed by atoms with Crippen molar-refractivity contribution < 1.29 is 18.9 Å². The number of benzene rings is 1. The highest BCUT2D eigenvalue weighted by atomic mass is 32.2. The van der Waals surface area contributed by atoms with Crippen molar-refractivity contribution in [2.75, 3.05) is 6.61 Å². The maximum atomic E-state index is 11.4. The van der Waals surface area contributed by atoms with Crippen LogP contribution in [0.3, 0.4) is 0 Å². The number of hydrogen-bond donors (Lipinski definition) is 0. The Balaban J connectivity index is 2.17. The molecule has 0 saturated carbocycles. The van der Waals surface area contributed by atoms with E-state index < -0.39 is 10.9 Å². The highest BCUT2D eigenvalue weighted by Crippen LogP contribution is 2.30. The van der Waals surface area contributed by atoms with E-state index in [4.69, 9.17) is 9.15 Å². The Morgan fingerprint density at radius 2 is 2.24 bits per heavy atom. The molecular formula is C12H11N3O5S. The number of nitro groups is 1. The highest BCUT2D eigenvalue weighted by Gasteiger charge is 2.18. The van der Waals surface area contributed by atoms with E-state index >= 15 is 0 Å². The van der Waals surface area contributed by atoms with Gasteiger partial charge in [0.1, 0.15) is 0 Å². The Bertz CT molecular complexity index is 685. The molecule has 2 aromatic rings. The van der Waals surface area contributed by atoms with Gasteiger partial charge in [0.15, 0.2) is 0 Å². The molecule has 1 aromatic heterocycles. The molecule has 0 aliphatic carbocycles. The van der Waals surface area contributed by atoms with Gasteiger partial charge in [-0.3, -0.25) is 10.1 Å². The molecule has 1 aromatic carbocycles. The van der Waals surface area contributed by atoms with Crippen molar-refractivity contribution >= 4 is 23.4 Å². The third-order valence-corrected chi connectivity index (χ3v) is 3.27. The SMILES string of the molecule is CCOC(=O)c1nnc(Sc2ccc(C)c([N+](=O)[O-])c2)o1. The third-order valence-electron chi connectivity index (χ3n) is 2.44. The molecule has 0 unspecified atom stereocenters. The number of hydrogen-bond acceptors (Lipinski definition) is 8. The number of aromatic nitrogens is 2. The van der Waals surface area contributed by atoms with Crippen LogP contribution >= 0.6 is 11.8 Å². The van der Waals surface area contributed by atoms with Gasteiger partial charge in [0.05, 0.1) is 11.5 Å². The van der Waals surface area contributed by atoms with Crippen molar-refractivity contribution in [2.45, 2.75) is 24.0 Å². The summed E-state index contributed by atoms with van der Waals surface area (Å²) >= 11 is 1.03. The minimum absolute atomic E-state index is 0.00475. The molecule has 0 atom stereocenters. The predicted molar refractivity (Wildman–Crippen MR) is 72.2 cm³/mol. The quantitative estimate of drug-likeness (QED) is 0.471. The van der Waals surface area contributed by atoms with Gasteiger partial charge in [-0.25, -0.2) is 4.79 Å². The second-order valence-electron chi connectivity index (χ2n) is 3.90. The van der Waals surface area contributed by atoms with Crippen LogP contribution in [0.1, 0.15) is 23.2 Å². The van der Waals surface area contributed by atoms with Crippen LogP contribution in [-0.4, -0.2) is 27.7 Å². The number of nitrogens with zero attached hydrogens (tertiary/aromatic N) is 3. The number of nitro benzene ring substituents is 1. The minimum Gasteiger partial charge on any atom is -0.459 e.